The molecule has 5 nitrogen and oxygen atoms in total. The number of Topliss-reactive ketones (excluding diaryl/α,β-unsaturated/α-hetero) is 1. The Morgan fingerprint density at radius 1 is 1.26 bits per heavy atom. The zero-order valence-electron chi connectivity index (χ0n) is 10.4. The Bertz CT molecular complexity index is 577. The topological polar surface area (TPSA) is 77.5 Å². The molecule has 0 aliphatic rings. The molecule has 1 rings (SSSR count). The molecular weight excluding hydrogens is 292 g/mol. The second-order valence-corrected chi connectivity index (χ2v) is 6.33. The summed E-state index contributed by atoms with van der Waals surface area (Å²) in [4.78, 5) is 22.5. The predicted octanol–water partition coefficient (Wildman–Crippen LogP) is 1.44. The summed E-state index contributed by atoms with van der Waals surface area (Å²) in [6, 6.07) is 5.27. The zero-order valence-corrected chi connectivity index (χ0v) is 12.0. The average Bonchev–Trinajstić information content (AvgIpc) is 2.44. The first-order valence-corrected chi connectivity index (χ1v) is 7.43. The van der Waals surface area contributed by atoms with Crippen LogP contribution < -0.4 is 0 Å². The molecule has 0 aromatic heterocycles. The summed E-state index contributed by atoms with van der Waals surface area (Å²) >= 11 is 5.40. The van der Waals surface area contributed by atoms with Crippen molar-refractivity contribution in [1.82, 2.24) is 0 Å². The molecular formula is C12H13ClO5S. The van der Waals surface area contributed by atoms with Crippen molar-refractivity contribution in [2.75, 3.05) is 13.0 Å². The molecule has 0 amide bonds. The van der Waals surface area contributed by atoms with Gasteiger partial charge in [0.2, 0.25) is 0 Å². The van der Waals surface area contributed by atoms with Crippen molar-refractivity contribution in [2.45, 2.75) is 17.1 Å². The van der Waals surface area contributed by atoms with Crippen molar-refractivity contribution in [3.63, 3.8) is 0 Å². The van der Waals surface area contributed by atoms with Crippen LogP contribution in [0.2, 0.25) is 0 Å². The van der Waals surface area contributed by atoms with Gasteiger partial charge in [0.15, 0.2) is 20.9 Å². The van der Waals surface area contributed by atoms with Crippen LogP contribution in [0.4, 0.5) is 0 Å². The van der Waals surface area contributed by atoms with Crippen LogP contribution in [0.1, 0.15) is 17.3 Å². The monoisotopic (exact) mass is 304 g/mol. The third-order valence-electron chi connectivity index (χ3n) is 2.62. The Balaban J connectivity index is 3.10. The largest absolute Gasteiger partial charge is 0.468 e. The quantitative estimate of drug-likeness (QED) is 0.467. The number of hydrogen-bond donors (Lipinski definition) is 0. The lowest BCUT2D eigenvalue weighted by Gasteiger charge is -2.11. The highest BCUT2D eigenvalue weighted by Crippen LogP contribution is 2.18. The molecule has 7 heteroatoms. The van der Waals surface area contributed by atoms with Gasteiger partial charge in [-0.05, 0) is 19.1 Å². The normalized spacial score (nSPS) is 12.8. The number of esters is 1. The van der Waals surface area contributed by atoms with Crippen molar-refractivity contribution in [3.05, 3.63) is 29.8 Å². The molecule has 1 aromatic rings. The van der Waals surface area contributed by atoms with Crippen LogP contribution in [0.25, 0.3) is 0 Å². The fraction of sp³-hybridized carbons (Fsp3) is 0.333. The fourth-order valence-corrected chi connectivity index (χ4v) is 2.83. The maximum absolute atomic E-state index is 12.1. The van der Waals surface area contributed by atoms with Gasteiger partial charge in [-0.25, -0.2) is 8.42 Å². The highest BCUT2D eigenvalue weighted by Gasteiger charge is 2.30. The van der Waals surface area contributed by atoms with E-state index in [9.17, 15) is 18.0 Å². The van der Waals surface area contributed by atoms with Crippen molar-refractivity contribution < 1.29 is 22.7 Å². The minimum Gasteiger partial charge on any atom is -0.468 e. The molecule has 104 valence electrons. The lowest BCUT2D eigenvalue weighted by Crippen LogP contribution is -2.28. The standard InChI is InChI=1S/C12H13ClO5S/c1-8(12(15)18-2)19(16,17)10-5-3-9(4-6-10)11(14)7-13/h3-6,8H,7H2,1-2H3. The van der Waals surface area contributed by atoms with Crippen molar-refractivity contribution in [2.24, 2.45) is 0 Å². The number of carbonyl (C=O) groups is 2. The van der Waals surface area contributed by atoms with Gasteiger partial charge in [0.05, 0.1) is 17.9 Å². The number of hydrogen-bond acceptors (Lipinski definition) is 5. The SMILES string of the molecule is COC(=O)C(C)S(=O)(=O)c1ccc(C(=O)CCl)cc1. The van der Waals surface area contributed by atoms with E-state index in [2.05, 4.69) is 4.74 Å². The van der Waals surface area contributed by atoms with E-state index in [1.54, 1.807) is 0 Å². The van der Waals surface area contributed by atoms with E-state index in [4.69, 9.17) is 11.6 Å². The average molecular weight is 305 g/mol. The summed E-state index contributed by atoms with van der Waals surface area (Å²) in [6.07, 6.45) is 0. The molecule has 1 atom stereocenters. The van der Waals surface area contributed by atoms with E-state index >= 15 is 0 Å². The molecule has 0 saturated carbocycles. The van der Waals surface area contributed by atoms with E-state index in [0.29, 0.717) is 5.56 Å². The predicted molar refractivity (Wildman–Crippen MR) is 70.2 cm³/mol. The van der Waals surface area contributed by atoms with Crippen molar-refractivity contribution in [1.29, 1.82) is 0 Å². The number of ketones is 1. The van der Waals surface area contributed by atoms with Crippen LogP contribution in [0.5, 0.6) is 0 Å². The van der Waals surface area contributed by atoms with Crippen molar-refractivity contribution >= 4 is 33.2 Å². The van der Waals surface area contributed by atoms with Gasteiger partial charge < -0.3 is 4.74 Å². The number of benzene rings is 1. The molecule has 0 radical (unpaired) electrons. The molecule has 0 bridgehead atoms. The van der Waals surface area contributed by atoms with Gasteiger partial charge in [-0.3, -0.25) is 9.59 Å². The van der Waals surface area contributed by atoms with Gasteiger partial charge in [-0.15, -0.1) is 11.6 Å². The Morgan fingerprint density at radius 3 is 2.21 bits per heavy atom. The van der Waals surface area contributed by atoms with Crippen LogP contribution in [0.3, 0.4) is 0 Å². The number of carbonyl (C=O) groups excluding carboxylic acids is 2. The third-order valence-corrected chi connectivity index (χ3v) is 4.92. The maximum atomic E-state index is 12.1. The number of sulfone groups is 1. The second-order valence-electron chi connectivity index (χ2n) is 3.79. The smallest absolute Gasteiger partial charge is 0.324 e. The van der Waals surface area contributed by atoms with Gasteiger partial charge in [-0.2, -0.15) is 0 Å². The summed E-state index contributed by atoms with van der Waals surface area (Å²) in [7, 11) is -2.70. The number of rotatable bonds is 5. The molecule has 0 fully saturated rings. The second kappa shape index (κ2) is 6.16. The van der Waals surface area contributed by atoms with Gasteiger partial charge in [0.25, 0.3) is 0 Å². The number of ether oxygens (including phenoxy) is 1. The summed E-state index contributed by atoms with van der Waals surface area (Å²) < 4.78 is 28.6. The van der Waals surface area contributed by atoms with Crippen LogP contribution in [-0.2, 0) is 19.4 Å². The molecule has 0 heterocycles. The lowest BCUT2D eigenvalue weighted by molar-refractivity contribution is -0.139. The third kappa shape index (κ3) is 3.33. The molecule has 0 aliphatic carbocycles. The van der Waals surface area contributed by atoms with Crippen molar-refractivity contribution in [3.8, 4) is 0 Å². The molecule has 0 aliphatic heterocycles. The van der Waals surface area contributed by atoms with E-state index < -0.39 is 21.1 Å². The van der Waals surface area contributed by atoms with E-state index in [-0.39, 0.29) is 16.6 Å². The van der Waals surface area contributed by atoms with Crippen LogP contribution in [-0.4, -0.2) is 38.4 Å². The summed E-state index contributed by atoms with van der Waals surface area (Å²) in [5, 5.41) is -1.30. The zero-order chi connectivity index (χ0) is 14.6. The van der Waals surface area contributed by atoms with Crippen LogP contribution >= 0.6 is 11.6 Å². The van der Waals surface area contributed by atoms with E-state index in [1.807, 2.05) is 0 Å². The van der Waals surface area contributed by atoms with Gasteiger partial charge >= 0.3 is 5.97 Å². The van der Waals surface area contributed by atoms with Gasteiger partial charge in [0.1, 0.15) is 0 Å². The minimum atomic E-state index is -3.82. The van der Waals surface area contributed by atoms with Gasteiger partial charge in [0, 0.05) is 5.56 Å². The number of alkyl halides is 1. The molecule has 0 spiro atoms. The lowest BCUT2D eigenvalue weighted by atomic mass is 10.1. The number of halogens is 1. The molecule has 0 N–H and O–H groups in total. The highest BCUT2D eigenvalue weighted by molar-refractivity contribution is 7.92. The van der Waals surface area contributed by atoms with Crippen LogP contribution in [0, 0.1) is 0 Å². The first-order valence-electron chi connectivity index (χ1n) is 5.35. The Kier molecular flexibility index (Phi) is 5.08. The molecule has 19 heavy (non-hydrogen) atoms. The van der Waals surface area contributed by atoms with E-state index in [0.717, 1.165) is 7.11 Å². The Morgan fingerprint density at radius 2 is 1.79 bits per heavy atom. The van der Waals surface area contributed by atoms with Gasteiger partial charge in [-0.1, -0.05) is 12.1 Å². The number of methoxy groups -OCH3 is 1. The highest BCUT2D eigenvalue weighted by atomic mass is 35.5. The Labute approximate surface area is 116 Å². The molecule has 0 saturated heterocycles. The molecule has 1 unspecified atom stereocenters. The first-order chi connectivity index (χ1) is 8.84. The van der Waals surface area contributed by atoms with Crippen LogP contribution in [0.15, 0.2) is 29.2 Å². The minimum absolute atomic E-state index is 0.0449. The van der Waals surface area contributed by atoms with E-state index in [1.165, 1.54) is 31.2 Å². The Hall–Kier alpha value is -1.40. The maximum Gasteiger partial charge on any atom is 0.324 e. The summed E-state index contributed by atoms with van der Waals surface area (Å²) in [5.74, 6) is -1.31. The summed E-state index contributed by atoms with van der Waals surface area (Å²) in [5.41, 5.74) is 0.319. The first kappa shape index (κ1) is 15.7. The fourth-order valence-electron chi connectivity index (χ4n) is 1.40. The molecule has 1 aromatic carbocycles. The summed E-state index contributed by atoms with van der Waals surface area (Å²) in [6.45, 7) is 1.25.